The fourth-order valence-electron chi connectivity index (χ4n) is 3.32. The maximum absolute atomic E-state index is 13.1. The van der Waals surface area contributed by atoms with Crippen LogP contribution in [0.1, 0.15) is 37.4 Å². The van der Waals surface area contributed by atoms with Crippen LogP contribution < -0.4 is 0 Å². The van der Waals surface area contributed by atoms with E-state index in [0.29, 0.717) is 26.1 Å². The number of aliphatic carboxylic acids is 1. The highest BCUT2D eigenvalue weighted by Crippen LogP contribution is 2.33. The van der Waals surface area contributed by atoms with E-state index in [-0.39, 0.29) is 18.0 Å². The van der Waals surface area contributed by atoms with E-state index in [2.05, 4.69) is 0 Å². The molecule has 144 valence electrons. The minimum Gasteiger partial charge on any atom is -0.481 e. The number of hydrogen-bond donors (Lipinski definition) is 1. The molecule has 1 aromatic carbocycles. The zero-order valence-corrected chi connectivity index (χ0v) is 14.8. The van der Waals surface area contributed by atoms with Gasteiger partial charge in [-0.25, -0.2) is 0 Å². The van der Waals surface area contributed by atoms with E-state index in [0.717, 1.165) is 12.1 Å². The van der Waals surface area contributed by atoms with Crippen molar-refractivity contribution >= 4 is 11.9 Å². The zero-order chi connectivity index (χ0) is 19.5. The van der Waals surface area contributed by atoms with Crippen LogP contribution in [-0.2, 0) is 15.8 Å². The van der Waals surface area contributed by atoms with Crippen molar-refractivity contribution in [2.75, 3.05) is 26.2 Å². The molecule has 8 heteroatoms. The van der Waals surface area contributed by atoms with Crippen LogP contribution in [-0.4, -0.2) is 53.0 Å². The average molecular weight is 372 g/mol. The number of halogens is 3. The van der Waals surface area contributed by atoms with Crippen molar-refractivity contribution in [3.8, 4) is 0 Å². The van der Waals surface area contributed by atoms with Crippen molar-refractivity contribution in [2.45, 2.75) is 32.5 Å². The van der Waals surface area contributed by atoms with Crippen LogP contribution in [0.5, 0.6) is 0 Å². The Hall–Kier alpha value is -2.09. The van der Waals surface area contributed by atoms with Crippen molar-refractivity contribution in [1.29, 1.82) is 0 Å². The number of likely N-dealkylation sites (N-methyl/N-ethyl adjacent to an activating group) is 1. The number of benzene rings is 1. The molecule has 0 spiro atoms. The van der Waals surface area contributed by atoms with E-state index in [1.807, 2.05) is 13.8 Å². The number of hydrogen-bond acceptors (Lipinski definition) is 3. The third-order valence-electron chi connectivity index (χ3n) is 4.79. The Labute approximate surface area is 150 Å². The van der Waals surface area contributed by atoms with E-state index < -0.39 is 29.7 Å². The summed E-state index contributed by atoms with van der Waals surface area (Å²) >= 11 is 0. The Morgan fingerprint density at radius 1 is 1.31 bits per heavy atom. The van der Waals surface area contributed by atoms with Crippen LogP contribution in [0.15, 0.2) is 24.3 Å². The van der Waals surface area contributed by atoms with E-state index in [1.54, 1.807) is 4.90 Å². The smallest absolute Gasteiger partial charge is 0.416 e. The van der Waals surface area contributed by atoms with Crippen molar-refractivity contribution in [3.05, 3.63) is 35.4 Å². The van der Waals surface area contributed by atoms with Gasteiger partial charge in [0.1, 0.15) is 6.04 Å². The predicted molar refractivity (Wildman–Crippen MR) is 89.4 cm³/mol. The summed E-state index contributed by atoms with van der Waals surface area (Å²) in [6.07, 6.45) is -4.14. The van der Waals surface area contributed by atoms with Gasteiger partial charge in [0.25, 0.3) is 0 Å². The monoisotopic (exact) mass is 372 g/mol. The number of alkyl halides is 3. The molecule has 1 saturated heterocycles. The second kappa shape index (κ2) is 8.07. The highest BCUT2D eigenvalue weighted by atomic mass is 19.4. The highest BCUT2D eigenvalue weighted by Gasteiger charge is 2.37. The second-order valence-corrected chi connectivity index (χ2v) is 6.36. The van der Waals surface area contributed by atoms with Crippen molar-refractivity contribution in [2.24, 2.45) is 5.92 Å². The van der Waals surface area contributed by atoms with Gasteiger partial charge in [-0.3, -0.25) is 14.5 Å². The summed E-state index contributed by atoms with van der Waals surface area (Å²) in [6.45, 7) is 5.03. The van der Waals surface area contributed by atoms with Crippen LogP contribution in [0.3, 0.4) is 0 Å². The van der Waals surface area contributed by atoms with Gasteiger partial charge in [-0.1, -0.05) is 26.0 Å². The molecule has 26 heavy (non-hydrogen) atoms. The standard InChI is InChI=1S/C18H23F3N2O3/c1-3-22(4-2)15(12-6-5-7-14(10-12)18(19,20)21)16(24)23-9-8-13(11-23)17(25)26/h5-7,10,13,15H,3-4,8-9,11H2,1-2H3,(H,25,26)/t13-,15-/m0/s1. The SMILES string of the molecule is CCN(CC)[C@H](C(=O)N1CC[C@H](C(=O)O)C1)c1cccc(C(F)(F)F)c1. The molecule has 1 heterocycles. The lowest BCUT2D eigenvalue weighted by Gasteiger charge is -2.32. The molecule has 5 nitrogen and oxygen atoms in total. The maximum Gasteiger partial charge on any atom is 0.416 e. The molecule has 2 rings (SSSR count). The third-order valence-corrected chi connectivity index (χ3v) is 4.79. The van der Waals surface area contributed by atoms with Gasteiger partial charge < -0.3 is 10.0 Å². The number of amides is 1. The molecule has 1 fully saturated rings. The van der Waals surface area contributed by atoms with Crippen LogP contribution in [0.4, 0.5) is 13.2 Å². The average Bonchev–Trinajstić information content (AvgIpc) is 3.09. The molecule has 0 radical (unpaired) electrons. The summed E-state index contributed by atoms with van der Waals surface area (Å²) in [5.41, 5.74) is -0.530. The third kappa shape index (κ3) is 4.35. The number of nitrogens with zero attached hydrogens (tertiary/aromatic N) is 2. The van der Waals surface area contributed by atoms with Crippen molar-refractivity contribution in [1.82, 2.24) is 9.80 Å². The van der Waals surface area contributed by atoms with Gasteiger partial charge >= 0.3 is 12.1 Å². The predicted octanol–water partition coefficient (Wildman–Crippen LogP) is 3.02. The van der Waals surface area contributed by atoms with Gasteiger partial charge in [0.05, 0.1) is 11.5 Å². The van der Waals surface area contributed by atoms with Crippen LogP contribution in [0, 0.1) is 5.92 Å². The van der Waals surface area contributed by atoms with E-state index >= 15 is 0 Å². The van der Waals surface area contributed by atoms with Crippen molar-refractivity contribution < 1.29 is 27.9 Å². The molecular formula is C18H23F3N2O3. The summed E-state index contributed by atoms with van der Waals surface area (Å²) < 4.78 is 39.2. The lowest BCUT2D eigenvalue weighted by Crippen LogP contribution is -2.42. The lowest BCUT2D eigenvalue weighted by molar-refractivity contribution is -0.142. The largest absolute Gasteiger partial charge is 0.481 e. The second-order valence-electron chi connectivity index (χ2n) is 6.36. The van der Waals surface area contributed by atoms with Gasteiger partial charge in [0.2, 0.25) is 5.91 Å². The first-order valence-corrected chi connectivity index (χ1v) is 8.61. The molecule has 1 amide bonds. The Bertz CT molecular complexity index is 659. The number of carboxylic acid groups (broad SMARTS) is 1. The van der Waals surface area contributed by atoms with E-state index in [1.165, 1.54) is 17.0 Å². The number of carbonyl (C=O) groups is 2. The molecule has 2 atom stereocenters. The summed E-state index contributed by atoms with van der Waals surface area (Å²) in [5, 5.41) is 9.12. The Morgan fingerprint density at radius 3 is 2.46 bits per heavy atom. The molecule has 0 aliphatic carbocycles. The molecule has 0 aromatic heterocycles. The quantitative estimate of drug-likeness (QED) is 0.834. The Balaban J connectivity index is 2.36. The molecule has 1 N–H and O–H groups in total. The Kier molecular flexibility index (Phi) is 6.28. The maximum atomic E-state index is 13.1. The summed E-state index contributed by atoms with van der Waals surface area (Å²) in [5.74, 6) is -1.94. The number of rotatable bonds is 6. The van der Waals surface area contributed by atoms with Gasteiger partial charge in [-0.15, -0.1) is 0 Å². The normalized spacial score (nSPS) is 19.0. The van der Waals surface area contributed by atoms with E-state index in [4.69, 9.17) is 5.11 Å². The minimum atomic E-state index is -4.49. The fraction of sp³-hybridized carbons (Fsp3) is 0.556. The van der Waals surface area contributed by atoms with E-state index in [9.17, 15) is 22.8 Å². The topological polar surface area (TPSA) is 60.9 Å². The van der Waals surface area contributed by atoms with Crippen molar-refractivity contribution in [3.63, 3.8) is 0 Å². The Morgan fingerprint density at radius 2 is 1.96 bits per heavy atom. The summed E-state index contributed by atoms with van der Waals surface area (Å²) in [4.78, 5) is 27.4. The summed E-state index contributed by atoms with van der Waals surface area (Å²) in [7, 11) is 0. The first-order chi connectivity index (χ1) is 12.2. The lowest BCUT2D eigenvalue weighted by atomic mass is 10.0. The van der Waals surface area contributed by atoms with Gasteiger partial charge in [-0.2, -0.15) is 13.2 Å². The van der Waals surface area contributed by atoms with Gasteiger partial charge in [-0.05, 0) is 37.2 Å². The number of carboxylic acids is 1. The van der Waals surface area contributed by atoms with Crippen LogP contribution >= 0.6 is 0 Å². The minimum absolute atomic E-state index is 0.0882. The number of carbonyl (C=O) groups excluding carboxylic acids is 1. The highest BCUT2D eigenvalue weighted by molar-refractivity contribution is 5.84. The molecular weight excluding hydrogens is 349 g/mol. The molecule has 1 aromatic rings. The molecule has 0 unspecified atom stereocenters. The van der Waals surface area contributed by atoms with Crippen LogP contribution in [0.2, 0.25) is 0 Å². The fourth-order valence-corrected chi connectivity index (χ4v) is 3.32. The van der Waals surface area contributed by atoms with Crippen LogP contribution in [0.25, 0.3) is 0 Å². The van der Waals surface area contributed by atoms with Gasteiger partial charge in [0.15, 0.2) is 0 Å². The van der Waals surface area contributed by atoms with Gasteiger partial charge in [0, 0.05) is 13.1 Å². The first-order valence-electron chi connectivity index (χ1n) is 8.61. The number of likely N-dealkylation sites (tertiary alicyclic amines) is 1. The molecule has 0 bridgehead atoms. The summed E-state index contributed by atoms with van der Waals surface area (Å²) in [6, 6.07) is 3.93. The molecule has 1 aliphatic rings. The molecule has 0 saturated carbocycles. The molecule has 1 aliphatic heterocycles. The first kappa shape index (κ1) is 20.2. The zero-order valence-electron chi connectivity index (χ0n) is 14.8.